The van der Waals surface area contributed by atoms with Crippen LogP contribution in [-0.4, -0.2) is 33.2 Å². The molecule has 1 aliphatic carbocycles. The second-order valence-corrected chi connectivity index (χ2v) is 7.04. The van der Waals surface area contributed by atoms with Crippen molar-refractivity contribution >= 4 is 17.3 Å². The van der Waals surface area contributed by atoms with E-state index in [4.69, 9.17) is 0 Å². The Morgan fingerprint density at radius 2 is 2.00 bits per heavy atom. The first-order chi connectivity index (χ1) is 14.1. The van der Waals surface area contributed by atoms with Gasteiger partial charge in [0.25, 0.3) is 11.6 Å². The van der Waals surface area contributed by atoms with E-state index >= 15 is 0 Å². The number of para-hydroxylation sites is 1. The zero-order valence-corrected chi connectivity index (χ0v) is 15.7. The van der Waals surface area contributed by atoms with Crippen molar-refractivity contribution in [2.24, 2.45) is 0 Å². The van der Waals surface area contributed by atoms with E-state index in [1.54, 1.807) is 23.0 Å². The van der Waals surface area contributed by atoms with Crippen LogP contribution in [0.4, 0.5) is 11.4 Å². The summed E-state index contributed by atoms with van der Waals surface area (Å²) in [6.45, 7) is 0.509. The molecule has 0 saturated heterocycles. The maximum Gasteiger partial charge on any atom is 0.293 e. The highest BCUT2D eigenvalue weighted by Crippen LogP contribution is 2.26. The average Bonchev–Trinajstić information content (AvgIpc) is 3.42. The second kappa shape index (κ2) is 8.14. The highest BCUT2D eigenvalue weighted by molar-refractivity contribution is 5.96. The number of hydrogen-bond acceptors (Lipinski definition) is 5. The van der Waals surface area contributed by atoms with Gasteiger partial charge in [-0.25, -0.2) is 4.68 Å². The third-order valence-corrected chi connectivity index (χ3v) is 4.76. The van der Waals surface area contributed by atoms with Crippen LogP contribution < -0.4 is 10.6 Å². The van der Waals surface area contributed by atoms with Crippen LogP contribution in [0.1, 0.15) is 28.8 Å². The Morgan fingerprint density at radius 1 is 1.21 bits per heavy atom. The minimum Gasteiger partial charge on any atom is -0.379 e. The summed E-state index contributed by atoms with van der Waals surface area (Å²) in [5.41, 5.74) is 2.59. The number of carbonyl (C=O) groups is 1. The van der Waals surface area contributed by atoms with Gasteiger partial charge in [-0.2, -0.15) is 5.10 Å². The lowest BCUT2D eigenvalue weighted by molar-refractivity contribution is -0.384. The van der Waals surface area contributed by atoms with Gasteiger partial charge in [-0.1, -0.05) is 18.2 Å². The molecule has 2 N–H and O–H groups in total. The lowest BCUT2D eigenvalue weighted by atomic mass is 10.1. The molecule has 0 unspecified atom stereocenters. The summed E-state index contributed by atoms with van der Waals surface area (Å²) < 4.78 is 1.80. The van der Waals surface area contributed by atoms with Crippen LogP contribution in [0.2, 0.25) is 0 Å². The first-order valence-corrected chi connectivity index (χ1v) is 9.52. The molecular weight excluding hydrogens is 370 g/mol. The summed E-state index contributed by atoms with van der Waals surface area (Å²) in [7, 11) is 0. The monoisotopic (exact) mass is 391 g/mol. The molecule has 29 heavy (non-hydrogen) atoms. The van der Waals surface area contributed by atoms with Crippen molar-refractivity contribution in [3.05, 3.63) is 82.2 Å². The van der Waals surface area contributed by atoms with Gasteiger partial charge in [0, 0.05) is 30.4 Å². The molecule has 4 rings (SSSR count). The standard InChI is InChI=1S/C21H21N5O3/c27-21(24-17-7-8-17)16-6-9-19(20(12-16)26(28)29)22-11-10-15-13-23-25(14-15)18-4-2-1-3-5-18/h1-6,9,12-14,17,22H,7-8,10-11H2,(H,24,27). The van der Waals surface area contributed by atoms with E-state index in [1.807, 2.05) is 36.5 Å². The van der Waals surface area contributed by atoms with Gasteiger partial charge < -0.3 is 10.6 Å². The predicted octanol–water partition coefficient (Wildman–Crippen LogP) is 3.33. The van der Waals surface area contributed by atoms with Crippen LogP contribution in [0.5, 0.6) is 0 Å². The first-order valence-electron chi connectivity index (χ1n) is 9.52. The minimum absolute atomic E-state index is 0.103. The van der Waals surface area contributed by atoms with Gasteiger partial charge in [-0.3, -0.25) is 14.9 Å². The SMILES string of the molecule is O=C(NC1CC1)c1ccc(NCCc2cnn(-c3ccccc3)c2)c([N+](=O)[O-])c1. The molecule has 2 aromatic carbocycles. The molecule has 1 aromatic heterocycles. The van der Waals surface area contributed by atoms with Crippen LogP contribution >= 0.6 is 0 Å². The number of carbonyl (C=O) groups excluding carboxylic acids is 1. The third-order valence-electron chi connectivity index (χ3n) is 4.76. The lowest BCUT2D eigenvalue weighted by Gasteiger charge is -2.08. The molecule has 1 amide bonds. The van der Waals surface area contributed by atoms with Gasteiger partial charge in [-0.05, 0) is 49.1 Å². The topological polar surface area (TPSA) is 102 Å². The van der Waals surface area contributed by atoms with E-state index < -0.39 is 4.92 Å². The van der Waals surface area contributed by atoms with Gasteiger partial charge in [-0.15, -0.1) is 0 Å². The van der Waals surface area contributed by atoms with Gasteiger partial charge in [0.2, 0.25) is 0 Å². The quantitative estimate of drug-likeness (QED) is 0.453. The number of nitro groups is 1. The number of nitrogens with one attached hydrogen (secondary N) is 2. The zero-order valence-electron chi connectivity index (χ0n) is 15.7. The fraction of sp³-hybridized carbons (Fsp3) is 0.238. The lowest BCUT2D eigenvalue weighted by Crippen LogP contribution is -2.25. The summed E-state index contributed by atoms with van der Waals surface area (Å²) >= 11 is 0. The number of rotatable bonds is 8. The van der Waals surface area contributed by atoms with E-state index in [1.165, 1.54) is 6.07 Å². The highest BCUT2D eigenvalue weighted by Gasteiger charge is 2.25. The normalized spacial score (nSPS) is 13.1. The van der Waals surface area contributed by atoms with E-state index in [-0.39, 0.29) is 17.6 Å². The molecule has 1 aliphatic rings. The smallest absolute Gasteiger partial charge is 0.293 e. The number of anilines is 1. The molecule has 1 heterocycles. The average molecular weight is 391 g/mol. The number of hydrogen-bond donors (Lipinski definition) is 2. The van der Waals surface area contributed by atoms with Crippen molar-refractivity contribution in [2.45, 2.75) is 25.3 Å². The van der Waals surface area contributed by atoms with E-state index in [9.17, 15) is 14.9 Å². The molecular formula is C21H21N5O3. The fourth-order valence-electron chi connectivity index (χ4n) is 3.02. The summed E-state index contributed by atoms with van der Waals surface area (Å²) in [4.78, 5) is 23.1. The van der Waals surface area contributed by atoms with E-state index in [0.717, 1.165) is 24.1 Å². The molecule has 1 fully saturated rings. The van der Waals surface area contributed by atoms with Gasteiger partial charge in [0.05, 0.1) is 16.8 Å². The van der Waals surface area contributed by atoms with Crippen LogP contribution in [0.15, 0.2) is 60.9 Å². The van der Waals surface area contributed by atoms with Gasteiger partial charge in [0.15, 0.2) is 0 Å². The minimum atomic E-state index is -0.469. The number of benzene rings is 2. The Hall–Kier alpha value is -3.68. The molecule has 1 saturated carbocycles. The molecule has 148 valence electrons. The van der Waals surface area contributed by atoms with Crippen molar-refractivity contribution in [1.82, 2.24) is 15.1 Å². The summed E-state index contributed by atoms with van der Waals surface area (Å²) in [5, 5.41) is 21.7. The molecule has 0 aliphatic heterocycles. The molecule has 0 spiro atoms. The molecule has 0 atom stereocenters. The Balaban J connectivity index is 1.39. The number of nitro benzene ring substituents is 1. The molecule has 0 bridgehead atoms. The molecule has 8 heteroatoms. The third kappa shape index (κ3) is 4.60. The Kier molecular flexibility index (Phi) is 5.24. The van der Waals surface area contributed by atoms with Crippen molar-refractivity contribution in [3.8, 4) is 5.69 Å². The Labute approximate surface area is 167 Å². The second-order valence-electron chi connectivity index (χ2n) is 7.04. The van der Waals surface area contributed by atoms with Crippen LogP contribution in [-0.2, 0) is 6.42 Å². The van der Waals surface area contributed by atoms with Gasteiger partial charge >= 0.3 is 0 Å². The van der Waals surface area contributed by atoms with Gasteiger partial charge in [0.1, 0.15) is 5.69 Å². The van der Waals surface area contributed by atoms with Crippen molar-refractivity contribution in [1.29, 1.82) is 0 Å². The van der Waals surface area contributed by atoms with Crippen LogP contribution in [0.3, 0.4) is 0 Å². The zero-order chi connectivity index (χ0) is 20.2. The van der Waals surface area contributed by atoms with Crippen molar-refractivity contribution in [2.75, 3.05) is 11.9 Å². The number of aromatic nitrogens is 2. The predicted molar refractivity (Wildman–Crippen MR) is 109 cm³/mol. The molecule has 3 aromatic rings. The Morgan fingerprint density at radius 3 is 2.72 bits per heavy atom. The largest absolute Gasteiger partial charge is 0.379 e. The maximum absolute atomic E-state index is 12.1. The molecule has 0 radical (unpaired) electrons. The van der Waals surface area contributed by atoms with Crippen molar-refractivity contribution < 1.29 is 9.72 Å². The Bertz CT molecular complexity index is 1030. The molecule has 8 nitrogen and oxygen atoms in total. The summed E-state index contributed by atoms with van der Waals surface area (Å²) in [6, 6.07) is 14.5. The first kappa shape index (κ1) is 18.7. The number of nitrogens with zero attached hydrogens (tertiary/aromatic N) is 3. The number of amides is 1. The summed E-state index contributed by atoms with van der Waals surface area (Å²) in [5.74, 6) is -0.268. The fourth-order valence-corrected chi connectivity index (χ4v) is 3.02. The maximum atomic E-state index is 12.1. The van der Waals surface area contributed by atoms with Crippen LogP contribution in [0.25, 0.3) is 5.69 Å². The van der Waals surface area contributed by atoms with E-state index in [2.05, 4.69) is 15.7 Å². The van der Waals surface area contributed by atoms with Crippen molar-refractivity contribution in [3.63, 3.8) is 0 Å². The summed E-state index contributed by atoms with van der Waals surface area (Å²) in [6.07, 6.45) is 6.32. The highest BCUT2D eigenvalue weighted by atomic mass is 16.6. The van der Waals surface area contributed by atoms with Crippen LogP contribution in [0, 0.1) is 10.1 Å². The van der Waals surface area contributed by atoms with E-state index in [0.29, 0.717) is 24.2 Å².